The second-order valence-electron chi connectivity index (χ2n) is 10.6. The molecular weight excluding hydrogens is 757 g/mol. The fourth-order valence-corrected chi connectivity index (χ4v) is 9.70. The van der Waals surface area contributed by atoms with Gasteiger partial charge in [-0.2, -0.15) is 0 Å². The largest absolute Gasteiger partial charge is 0.0622 e. The molecular formula is C44H39ClNOP2Ru. The Morgan fingerprint density at radius 1 is 0.400 bits per heavy atom. The van der Waals surface area contributed by atoms with Gasteiger partial charge < -0.3 is 5.11 Å². The maximum atomic E-state index is 9.15. The van der Waals surface area contributed by atoms with E-state index >= 15 is 0 Å². The molecule has 0 aliphatic rings. The van der Waals surface area contributed by atoms with E-state index < -0.39 is 15.8 Å². The van der Waals surface area contributed by atoms with Gasteiger partial charge in [-0.25, -0.2) is 0 Å². The Labute approximate surface area is 313 Å². The van der Waals surface area contributed by atoms with Gasteiger partial charge in [0.2, 0.25) is 0 Å². The normalized spacial score (nSPS) is 10.3. The molecule has 1 N–H and O–H groups in total. The number of rotatable bonds is 7. The molecule has 0 atom stereocenters. The van der Waals surface area contributed by atoms with Crippen LogP contribution in [0, 0.1) is 0 Å². The minimum atomic E-state index is -0.446. The minimum Gasteiger partial charge on any atom is -0.0622 e. The van der Waals surface area contributed by atoms with E-state index in [0.29, 0.717) is 0 Å². The van der Waals surface area contributed by atoms with Crippen molar-refractivity contribution in [1.82, 2.24) is 0 Å². The van der Waals surface area contributed by atoms with E-state index in [4.69, 9.17) is 5.11 Å². The summed E-state index contributed by atoms with van der Waals surface area (Å²) < 4.78 is 0. The Balaban J connectivity index is 0.000000172. The zero-order valence-electron chi connectivity index (χ0n) is 27.7. The fraction of sp³-hybridized carbons (Fsp3) is 0.0227. The molecule has 0 heterocycles. The zero-order chi connectivity index (χ0) is 35.2. The number of aliphatic imine (C=N–C) groups is 1. The third kappa shape index (κ3) is 12.0. The summed E-state index contributed by atoms with van der Waals surface area (Å²) >= 11 is 1.82. The number of aromatic hydroxyl groups is 1. The molecule has 7 aromatic rings. The van der Waals surface area contributed by atoms with E-state index in [1.54, 1.807) is 25.4 Å². The molecule has 0 aliphatic heterocycles. The molecule has 0 amide bonds. The van der Waals surface area contributed by atoms with E-state index in [1.807, 2.05) is 29.4 Å². The molecule has 0 aromatic heterocycles. The molecule has 7 aromatic carbocycles. The monoisotopic (exact) mass is 796 g/mol. The van der Waals surface area contributed by atoms with Crippen molar-refractivity contribution in [2.45, 2.75) is 0 Å². The molecule has 0 aliphatic carbocycles. The first-order valence-corrected chi connectivity index (χ1v) is 20.9. The van der Waals surface area contributed by atoms with Gasteiger partial charge in [0.1, 0.15) is 5.75 Å². The second kappa shape index (κ2) is 22.5. The summed E-state index contributed by atoms with van der Waals surface area (Å²) in [5.41, 5.74) is 0.755. The number of hydrogen-bond acceptors (Lipinski definition) is 2. The molecule has 50 heavy (non-hydrogen) atoms. The van der Waals surface area contributed by atoms with Crippen LogP contribution in [0.15, 0.2) is 211 Å². The summed E-state index contributed by atoms with van der Waals surface area (Å²) in [7, 11) is 5.35. The van der Waals surface area contributed by atoms with Crippen molar-refractivity contribution in [2.24, 2.45) is 4.99 Å². The fourth-order valence-electron chi connectivity index (χ4n) is 5.09. The van der Waals surface area contributed by atoms with Crippen molar-refractivity contribution in [3.05, 3.63) is 212 Å². The van der Waals surface area contributed by atoms with Crippen LogP contribution in [0.1, 0.15) is 5.56 Å². The van der Waals surface area contributed by atoms with Crippen LogP contribution in [-0.2, 0) is 17.3 Å². The number of halogens is 1. The Kier molecular flexibility index (Phi) is 17.4. The molecule has 0 radical (unpaired) electrons. The molecule has 0 spiro atoms. The first-order chi connectivity index (χ1) is 24.7. The van der Waals surface area contributed by atoms with Gasteiger partial charge in [0, 0.05) is 18.8 Å². The summed E-state index contributed by atoms with van der Waals surface area (Å²) in [6, 6.07) is 71.7. The van der Waals surface area contributed by atoms with Crippen LogP contribution in [-0.4, -0.2) is 18.4 Å². The van der Waals surface area contributed by atoms with Crippen LogP contribution in [0.5, 0.6) is 5.75 Å². The Bertz CT molecular complexity index is 1630. The van der Waals surface area contributed by atoms with Gasteiger partial charge in [0.05, 0.1) is 0 Å². The summed E-state index contributed by atoms with van der Waals surface area (Å²) in [5, 5.41) is 17.5. The third-order valence-electron chi connectivity index (χ3n) is 7.29. The minimum absolute atomic E-state index is 0.271. The SMILES string of the molecule is CN=Cc1ccccc1O.[Cl][Ru].c1ccc(P(c2ccccc2)c2ccccc2)cc1.c1ccc(P(c2ccccc2)c2ccccc2)cc1. The number of phenolic OH excluding ortho intramolecular Hbond substituents is 1. The smallest absolute Gasteiger partial charge is 0.0134 e. The van der Waals surface area contributed by atoms with Crippen LogP contribution in [0.4, 0.5) is 0 Å². The Hall–Kier alpha value is -4.22. The first-order valence-electron chi connectivity index (χ1n) is 16.0. The zero-order valence-corrected chi connectivity index (χ0v) is 32.0. The van der Waals surface area contributed by atoms with Crippen molar-refractivity contribution in [2.75, 3.05) is 7.05 Å². The topological polar surface area (TPSA) is 32.6 Å². The summed E-state index contributed by atoms with van der Waals surface area (Å²) in [6.45, 7) is 0. The molecule has 0 saturated heterocycles. The van der Waals surface area contributed by atoms with Crippen LogP contribution >= 0.6 is 25.5 Å². The molecule has 0 saturated carbocycles. The second-order valence-corrected chi connectivity index (χ2v) is 15.1. The van der Waals surface area contributed by atoms with E-state index in [0.717, 1.165) is 5.56 Å². The Morgan fingerprint density at radius 2 is 0.620 bits per heavy atom. The van der Waals surface area contributed by atoms with Gasteiger partial charge in [-0.1, -0.05) is 194 Å². The molecule has 251 valence electrons. The van der Waals surface area contributed by atoms with Crippen molar-refractivity contribution in [1.29, 1.82) is 0 Å². The predicted octanol–water partition coefficient (Wildman–Crippen LogP) is 9.02. The number of hydrogen-bond donors (Lipinski definition) is 1. The van der Waals surface area contributed by atoms with E-state index in [1.165, 1.54) is 31.8 Å². The average Bonchev–Trinajstić information content (AvgIpc) is 3.20. The van der Waals surface area contributed by atoms with Crippen molar-refractivity contribution >= 4 is 63.6 Å². The van der Waals surface area contributed by atoms with Crippen LogP contribution in [0.25, 0.3) is 0 Å². The van der Waals surface area contributed by atoms with Gasteiger partial charge in [-0.15, -0.1) is 0 Å². The predicted molar refractivity (Wildman–Crippen MR) is 218 cm³/mol. The summed E-state index contributed by atoms with van der Waals surface area (Å²) in [4.78, 5) is 3.78. The number of benzene rings is 7. The number of nitrogens with zero attached hydrogens (tertiary/aromatic N) is 1. The summed E-state index contributed by atoms with van der Waals surface area (Å²) in [6.07, 6.45) is 1.62. The third-order valence-corrected chi connectivity index (χ3v) is 12.2. The van der Waals surface area contributed by atoms with E-state index in [9.17, 15) is 0 Å². The molecule has 6 heteroatoms. The van der Waals surface area contributed by atoms with Gasteiger partial charge in [0.15, 0.2) is 0 Å². The average molecular weight is 796 g/mol. The number of phenols is 1. The maximum absolute atomic E-state index is 9.15. The van der Waals surface area contributed by atoms with Gasteiger partial charge >= 0.3 is 27.0 Å². The van der Waals surface area contributed by atoms with Crippen molar-refractivity contribution in [3.8, 4) is 5.75 Å². The standard InChI is InChI=1S/2C18H15P.C8H9NO.ClH.Ru/c2*1-4-10-16(11-5-1)19(17-12-6-2-7-13-17)18-14-8-3-9-15-18;1-9-6-7-4-2-3-5-8(7)10;;/h2*1-15H;2-6,10H,1H3;1H;/q;;;;+1/p-1. The van der Waals surface area contributed by atoms with Crippen molar-refractivity contribution in [3.63, 3.8) is 0 Å². The van der Waals surface area contributed by atoms with Gasteiger partial charge in [-0.3, -0.25) is 4.99 Å². The first kappa shape index (κ1) is 38.6. The van der Waals surface area contributed by atoms with E-state index in [-0.39, 0.29) is 5.75 Å². The molecule has 0 unspecified atom stereocenters. The molecule has 2 nitrogen and oxygen atoms in total. The molecule has 0 fully saturated rings. The Morgan fingerprint density at radius 3 is 0.840 bits per heavy atom. The van der Waals surface area contributed by atoms with Crippen LogP contribution in [0.3, 0.4) is 0 Å². The van der Waals surface area contributed by atoms with Gasteiger partial charge in [0.25, 0.3) is 0 Å². The van der Waals surface area contributed by atoms with E-state index in [2.05, 4.69) is 197 Å². The van der Waals surface area contributed by atoms with Crippen molar-refractivity contribution < 1.29 is 22.4 Å². The summed E-state index contributed by atoms with van der Waals surface area (Å²) in [5.74, 6) is 0.271. The van der Waals surface area contributed by atoms with Gasteiger partial charge in [-0.05, 0) is 59.8 Å². The van der Waals surface area contributed by atoms with Crippen LogP contribution < -0.4 is 31.8 Å². The quantitative estimate of drug-likeness (QED) is 0.0976. The number of para-hydroxylation sites is 1. The molecule has 0 bridgehead atoms. The molecule has 7 rings (SSSR count). The maximum Gasteiger partial charge on any atom is -0.0134 e. The van der Waals surface area contributed by atoms with Crippen LogP contribution in [0.2, 0.25) is 0 Å².